The van der Waals surface area contributed by atoms with Gasteiger partial charge in [-0.1, -0.05) is 13.8 Å². The van der Waals surface area contributed by atoms with Gasteiger partial charge >= 0.3 is 0 Å². The van der Waals surface area contributed by atoms with Crippen molar-refractivity contribution in [3.05, 3.63) is 58.9 Å². The molecule has 0 radical (unpaired) electrons. The zero-order valence-corrected chi connectivity index (χ0v) is 20.5. The smallest absolute Gasteiger partial charge is 0.259 e. The molecule has 0 bridgehead atoms. The first-order chi connectivity index (χ1) is 15.7. The first kappa shape index (κ1) is 27.7. The Morgan fingerprint density at radius 3 is 2.33 bits per heavy atom. The van der Waals surface area contributed by atoms with E-state index >= 15 is 0 Å². The first-order valence-electron chi connectivity index (χ1n) is 10.5. The molecule has 0 aliphatic heterocycles. The van der Waals surface area contributed by atoms with Crippen LogP contribution in [0.15, 0.2) is 36.4 Å². The van der Waals surface area contributed by atoms with E-state index in [1.54, 1.807) is 39.1 Å². The first-order valence-corrected chi connectivity index (χ1v) is 10.9. The highest BCUT2D eigenvalue weighted by Gasteiger charge is 2.25. The Hall–Kier alpha value is -3.35. The fourth-order valence-electron chi connectivity index (χ4n) is 2.82. The maximum atomic E-state index is 14.4. The van der Waals surface area contributed by atoms with Crippen molar-refractivity contribution < 1.29 is 18.7 Å². The van der Waals surface area contributed by atoms with E-state index in [1.807, 2.05) is 13.8 Å². The number of ether oxygens (including phenoxy) is 1. The molecule has 0 aliphatic rings. The molecule has 2 rings (SSSR count). The lowest BCUT2D eigenvalue weighted by atomic mass is 10.1. The van der Waals surface area contributed by atoms with Crippen LogP contribution in [0.5, 0.6) is 0 Å². The number of nitrogens with zero attached hydrogens (tertiary/aromatic N) is 3. The SMILES string of the molecule is CC.CCOCC(=O)N(C(=S)N(C)c1ccc(C(=O)NC)c(F)c1)c1ccc(C#N)c(C)c1. The van der Waals surface area contributed by atoms with Gasteiger partial charge in [-0.15, -0.1) is 0 Å². The molecule has 0 spiro atoms. The van der Waals surface area contributed by atoms with Gasteiger partial charge in [0.1, 0.15) is 12.4 Å². The number of nitrogens with one attached hydrogen (secondary N) is 1. The Labute approximate surface area is 199 Å². The summed E-state index contributed by atoms with van der Waals surface area (Å²) < 4.78 is 19.7. The minimum absolute atomic E-state index is 0.0842. The van der Waals surface area contributed by atoms with Gasteiger partial charge in [-0.25, -0.2) is 4.39 Å². The van der Waals surface area contributed by atoms with Crippen LogP contribution in [0.25, 0.3) is 0 Å². The number of carbonyl (C=O) groups is 2. The van der Waals surface area contributed by atoms with Crippen molar-refractivity contribution in [2.24, 2.45) is 0 Å². The second kappa shape index (κ2) is 13.3. The number of benzene rings is 2. The van der Waals surface area contributed by atoms with Crippen LogP contribution >= 0.6 is 12.2 Å². The fraction of sp³-hybridized carbons (Fsp3) is 0.333. The molecule has 0 fully saturated rings. The van der Waals surface area contributed by atoms with Gasteiger partial charge in [-0.3, -0.25) is 14.5 Å². The number of hydrogen-bond donors (Lipinski definition) is 1. The highest BCUT2D eigenvalue weighted by molar-refractivity contribution is 7.81. The molecule has 0 saturated heterocycles. The van der Waals surface area contributed by atoms with Gasteiger partial charge in [0.2, 0.25) is 0 Å². The van der Waals surface area contributed by atoms with Crippen molar-refractivity contribution in [2.45, 2.75) is 27.7 Å². The quantitative estimate of drug-likeness (QED) is 0.635. The number of rotatable bonds is 6. The summed E-state index contributed by atoms with van der Waals surface area (Å²) in [5.41, 5.74) is 1.88. The molecule has 0 saturated carbocycles. The van der Waals surface area contributed by atoms with Crippen molar-refractivity contribution in [3.63, 3.8) is 0 Å². The van der Waals surface area contributed by atoms with E-state index in [-0.39, 0.29) is 17.3 Å². The zero-order valence-electron chi connectivity index (χ0n) is 19.7. The fourth-order valence-corrected chi connectivity index (χ4v) is 3.13. The van der Waals surface area contributed by atoms with E-state index < -0.39 is 17.6 Å². The van der Waals surface area contributed by atoms with Crippen LogP contribution in [0.3, 0.4) is 0 Å². The van der Waals surface area contributed by atoms with Gasteiger partial charge in [0, 0.05) is 26.4 Å². The lowest BCUT2D eigenvalue weighted by Crippen LogP contribution is -2.46. The summed E-state index contributed by atoms with van der Waals surface area (Å²) in [6, 6.07) is 11.0. The van der Waals surface area contributed by atoms with Crippen molar-refractivity contribution in [1.82, 2.24) is 5.32 Å². The van der Waals surface area contributed by atoms with E-state index in [9.17, 15) is 19.2 Å². The number of nitriles is 1. The normalized spacial score (nSPS) is 9.76. The second-order valence-corrected chi connectivity index (χ2v) is 6.93. The molecule has 0 aromatic heterocycles. The molecule has 0 atom stereocenters. The standard InChI is InChI=1S/C22H23FN4O3S.C2H6/c1-5-30-13-20(28)27(17-7-6-15(12-24)14(2)10-17)22(31)26(4)16-8-9-18(19(23)11-16)21(29)25-3;1-2/h6-11H,5,13H2,1-4H3,(H,25,29);1-2H3. The molecule has 2 amide bonds. The number of halogens is 1. The van der Waals surface area contributed by atoms with Crippen molar-refractivity contribution >= 4 is 40.5 Å². The third kappa shape index (κ3) is 6.81. The van der Waals surface area contributed by atoms with Gasteiger partial charge in [0.25, 0.3) is 11.8 Å². The largest absolute Gasteiger partial charge is 0.372 e. The minimum atomic E-state index is -0.715. The van der Waals surface area contributed by atoms with Crippen LogP contribution in [0.2, 0.25) is 0 Å². The molecule has 0 unspecified atom stereocenters. The van der Waals surface area contributed by atoms with Gasteiger partial charge in [-0.2, -0.15) is 5.26 Å². The molecule has 7 nitrogen and oxygen atoms in total. The summed E-state index contributed by atoms with van der Waals surface area (Å²) in [7, 11) is 3.01. The Bertz CT molecular complexity index is 1050. The number of carbonyl (C=O) groups excluding carboxylic acids is 2. The number of hydrogen-bond acceptors (Lipinski definition) is 5. The number of aryl methyl sites for hydroxylation is 1. The van der Waals surface area contributed by atoms with Crippen LogP contribution < -0.4 is 15.1 Å². The summed E-state index contributed by atoms with van der Waals surface area (Å²) >= 11 is 5.55. The predicted octanol–water partition coefficient (Wildman–Crippen LogP) is 4.18. The maximum absolute atomic E-state index is 14.4. The Morgan fingerprint density at radius 2 is 1.82 bits per heavy atom. The molecule has 2 aromatic carbocycles. The zero-order chi connectivity index (χ0) is 25.1. The average molecular weight is 473 g/mol. The van der Waals surface area contributed by atoms with E-state index in [4.69, 9.17) is 17.0 Å². The van der Waals surface area contributed by atoms with E-state index in [1.165, 1.54) is 35.0 Å². The topological polar surface area (TPSA) is 85.7 Å². The number of thiocarbonyl (C=S) groups is 1. The van der Waals surface area contributed by atoms with E-state index in [2.05, 4.69) is 11.4 Å². The van der Waals surface area contributed by atoms with Gasteiger partial charge in [0.05, 0.1) is 22.9 Å². The molecule has 176 valence electrons. The van der Waals surface area contributed by atoms with Crippen molar-refractivity contribution in [3.8, 4) is 6.07 Å². The molecule has 1 N–H and O–H groups in total. The van der Waals surface area contributed by atoms with Gasteiger partial charge < -0.3 is 15.0 Å². The second-order valence-electron chi connectivity index (χ2n) is 6.56. The summed E-state index contributed by atoms with van der Waals surface area (Å²) in [5.74, 6) is -1.67. The number of amides is 2. The molecule has 9 heteroatoms. The Morgan fingerprint density at radius 1 is 1.18 bits per heavy atom. The lowest BCUT2D eigenvalue weighted by Gasteiger charge is -2.30. The van der Waals surface area contributed by atoms with Crippen molar-refractivity contribution in [1.29, 1.82) is 5.26 Å². The van der Waals surface area contributed by atoms with E-state index in [0.717, 1.165) is 0 Å². The van der Waals surface area contributed by atoms with Crippen LogP contribution in [0, 0.1) is 24.1 Å². The third-order valence-electron chi connectivity index (χ3n) is 4.56. The van der Waals surface area contributed by atoms with Crippen molar-refractivity contribution in [2.75, 3.05) is 37.1 Å². The monoisotopic (exact) mass is 472 g/mol. The molecular formula is C24H29FN4O3S. The Kier molecular flexibility index (Phi) is 11.1. The number of anilines is 2. The lowest BCUT2D eigenvalue weighted by molar-refractivity contribution is -0.122. The summed E-state index contributed by atoms with van der Waals surface area (Å²) in [6.07, 6.45) is 0. The molecule has 0 aliphatic carbocycles. The molecule has 33 heavy (non-hydrogen) atoms. The minimum Gasteiger partial charge on any atom is -0.372 e. The third-order valence-corrected chi connectivity index (χ3v) is 5.01. The summed E-state index contributed by atoms with van der Waals surface area (Å²) in [5, 5.41) is 11.6. The van der Waals surface area contributed by atoms with Crippen LogP contribution in [-0.2, 0) is 9.53 Å². The Balaban J connectivity index is 0.00000265. The summed E-state index contributed by atoms with van der Waals surface area (Å²) in [6.45, 7) is 7.67. The highest BCUT2D eigenvalue weighted by Crippen LogP contribution is 2.24. The maximum Gasteiger partial charge on any atom is 0.259 e. The highest BCUT2D eigenvalue weighted by atomic mass is 32.1. The van der Waals surface area contributed by atoms with Crippen LogP contribution in [-0.4, -0.2) is 44.2 Å². The molecule has 0 heterocycles. The van der Waals surface area contributed by atoms with Gasteiger partial charge in [0.15, 0.2) is 5.11 Å². The van der Waals surface area contributed by atoms with E-state index in [0.29, 0.717) is 29.1 Å². The molecule has 2 aromatic rings. The predicted molar refractivity (Wildman–Crippen MR) is 132 cm³/mol. The van der Waals surface area contributed by atoms with Crippen LogP contribution in [0.1, 0.15) is 42.3 Å². The van der Waals surface area contributed by atoms with Gasteiger partial charge in [-0.05, 0) is 68.0 Å². The van der Waals surface area contributed by atoms with Crippen LogP contribution in [0.4, 0.5) is 15.8 Å². The molecular weight excluding hydrogens is 443 g/mol. The average Bonchev–Trinajstić information content (AvgIpc) is 2.83. The summed E-state index contributed by atoms with van der Waals surface area (Å²) in [4.78, 5) is 27.4.